The fourth-order valence-corrected chi connectivity index (χ4v) is 3.99. The second-order valence-electron chi connectivity index (χ2n) is 7.56. The van der Waals surface area contributed by atoms with E-state index in [4.69, 9.17) is 9.47 Å². The zero-order valence-corrected chi connectivity index (χ0v) is 20.5. The number of thioether (sulfide) groups is 1. The molecule has 8 nitrogen and oxygen atoms in total. The lowest BCUT2D eigenvalue weighted by Crippen LogP contribution is -2.20. The van der Waals surface area contributed by atoms with Crippen molar-refractivity contribution in [1.82, 2.24) is 20.2 Å². The van der Waals surface area contributed by atoms with Crippen LogP contribution in [-0.2, 0) is 4.79 Å². The summed E-state index contributed by atoms with van der Waals surface area (Å²) in [7, 11) is 3.24. The number of amides is 1. The second-order valence-corrected chi connectivity index (χ2v) is 8.50. The molecule has 0 aliphatic carbocycles. The van der Waals surface area contributed by atoms with Gasteiger partial charge in [0.2, 0.25) is 0 Å². The Bertz CT molecular complexity index is 1300. The summed E-state index contributed by atoms with van der Waals surface area (Å²) >= 11 is 1.29. The molecule has 0 unspecified atom stereocenters. The minimum atomic E-state index is -0.249. The van der Waals surface area contributed by atoms with Gasteiger partial charge in [0.15, 0.2) is 11.0 Å². The highest BCUT2D eigenvalue weighted by Crippen LogP contribution is 2.29. The third-order valence-electron chi connectivity index (χ3n) is 5.12. The lowest BCUT2D eigenvalue weighted by Gasteiger charge is -2.11. The number of aromatic nitrogens is 3. The summed E-state index contributed by atoms with van der Waals surface area (Å²) in [4.78, 5) is 12.4. The molecule has 0 saturated heterocycles. The third kappa shape index (κ3) is 6.07. The summed E-state index contributed by atoms with van der Waals surface area (Å²) in [6.07, 6.45) is 1.58. The second kappa shape index (κ2) is 11.3. The molecule has 0 aliphatic heterocycles. The van der Waals surface area contributed by atoms with Crippen molar-refractivity contribution in [2.24, 2.45) is 5.10 Å². The molecule has 1 aromatic heterocycles. The molecule has 1 heterocycles. The van der Waals surface area contributed by atoms with E-state index in [0.717, 1.165) is 33.9 Å². The standard InChI is InChI=1S/C26H25N5O3S/c1-18-4-8-20(9-5-18)25-29-30-26(31(25)21-10-14-23(34-3)15-11-21)35-17-24(32)28-27-16-19-6-12-22(33-2)13-7-19/h4-16H,17H2,1-3H3,(H,28,32)/b27-16+. The highest BCUT2D eigenvalue weighted by Gasteiger charge is 2.17. The van der Waals surface area contributed by atoms with Crippen LogP contribution in [0.2, 0.25) is 0 Å². The summed E-state index contributed by atoms with van der Waals surface area (Å²) in [5.74, 6) is 2.08. The van der Waals surface area contributed by atoms with E-state index in [1.807, 2.05) is 84.3 Å². The van der Waals surface area contributed by atoms with Gasteiger partial charge in [-0.25, -0.2) is 5.43 Å². The quantitative estimate of drug-likeness (QED) is 0.212. The Morgan fingerprint density at radius 2 is 1.57 bits per heavy atom. The van der Waals surface area contributed by atoms with Gasteiger partial charge >= 0.3 is 0 Å². The van der Waals surface area contributed by atoms with Crippen molar-refractivity contribution >= 4 is 23.9 Å². The van der Waals surface area contributed by atoms with Gasteiger partial charge in [0.1, 0.15) is 11.5 Å². The molecule has 0 bridgehead atoms. The van der Waals surface area contributed by atoms with Crippen LogP contribution in [0.5, 0.6) is 11.5 Å². The lowest BCUT2D eigenvalue weighted by molar-refractivity contribution is -0.118. The average molecular weight is 488 g/mol. The number of hydrogen-bond donors (Lipinski definition) is 1. The first-order valence-electron chi connectivity index (χ1n) is 10.8. The number of benzene rings is 3. The van der Waals surface area contributed by atoms with Crippen molar-refractivity contribution in [3.8, 4) is 28.6 Å². The summed E-state index contributed by atoms with van der Waals surface area (Å²) in [6, 6.07) is 23.1. The summed E-state index contributed by atoms with van der Waals surface area (Å²) in [5.41, 5.74) is 6.36. The van der Waals surface area contributed by atoms with Crippen molar-refractivity contribution in [3.05, 3.63) is 83.9 Å². The van der Waals surface area contributed by atoms with E-state index in [1.54, 1.807) is 20.4 Å². The van der Waals surface area contributed by atoms with Crippen LogP contribution >= 0.6 is 11.8 Å². The molecule has 4 aromatic rings. The highest BCUT2D eigenvalue weighted by atomic mass is 32.2. The van der Waals surface area contributed by atoms with Crippen LogP contribution in [0.3, 0.4) is 0 Å². The Balaban J connectivity index is 1.49. The van der Waals surface area contributed by atoms with Crippen molar-refractivity contribution in [1.29, 1.82) is 0 Å². The number of hydrazone groups is 1. The molecule has 9 heteroatoms. The van der Waals surface area contributed by atoms with Crippen LogP contribution in [0.4, 0.5) is 0 Å². The molecule has 35 heavy (non-hydrogen) atoms. The molecular formula is C26H25N5O3S. The fourth-order valence-electron chi connectivity index (χ4n) is 3.25. The van der Waals surface area contributed by atoms with Crippen molar-refractivity contribution < 1.29 is 14.3 Å². The first-order valence-corrected chi connectivity index (χ1v) is 11.8. The van der Waals surface area contributed by atoms with Gasteiger partial charge in [-0.1, -0.05) is 41.6 Å². The number of ether oxygens (including phenoxy) is 2. The monoisotopic (exact) mass is 487 g/mol. The van der Waals surface area contributed by atoms with Crippen LogP contribution in [0.15, 0.2) is 83.1 Å². The number of carbonyl (C=O) groups is 1. The van der Waals surface area contributed by atoms with E-state index in [-0.39, 0.29) is 11.7 Å². The van der Waals surface area contributed by atoms with E-state index in [9.17, 15) is 4.79 Å². The maximum atomic E-state index is 12.4. The van der Waals surface area contributed by atoms with Crippen molar-refractivity contribution in [3.63, 3.8) is 0 Å². The number of hydrogen-bond acceptors (Lipinski definition) is 7. The number of aryl methyl sites for hydroxylation is 1. The van der Waals surface area contributed by atoms with E-state index in [2.05, 4.69) is 20.7 Å². The molecule has 4 rings (SSSR count). The minimum absolute atomic E-state index is 0.127. The number of nitrogens with zero attached hydrogens (tertiary/aromatic N) is 4. The van der Waals surface area contributed by atoms with E-state index in [1.165, 1.54) is 11.8 Å². The van der Waals surface area contributed by atoms with Crippen LogP contribution < -0.4 is 14.9 Å². The largest absolute Gasteiger partial charge is 0.497 e. The number of methoxy groups -OCH3 is 2. The van der Waals surface area contributed by atoms with Gasteiger partial charge in [-0.05, 0) is 61.0 Å². The van der Waals surface area contributed by atoms with Crippen LogP contribution in [-0.4, -0.2) is 46.9 Å². The molecule has 1 amide bonds. The zero-order valence-electron chi connectivity index (χ0n) is 19.6. The molecule has 0 fully saturated rings. The summed E-state index contributed by atoms with van der Waals surface area (Å²) < 4.78 is 12.4. The van der Waals surface area contributed by atoms with Gasteiger partial charge in [-0.2, -0.15) is 5.10 Å². The Kier molecular flexibility index (Phi) is 7.79. The maximum absolute atomic E-state index is 12.4. The Labute approximate surface area is 208 Å². The fraction of sp³-hybridized carbons (Fsp3) is 0.154. The molecular weight excluding hydrogens is 462 g/mol. The van der Waals surface area contributed by atoms with Gasteiger partial charge in [-0.15, -0.1) is 10.2 Å². The Morgan fingerprint density at radius 3 is 2.20 bits per heavy atom. The molecule has 3 aromatic carbocycles. The highest BCUT2D eigenvalue weighted by molar-refractivity contribution is 7.99. The van der Waals surface area contributed by atoms with Crippen molar-refractivity contribution in [2.75, 3.05) is 20.0 Å². The molecule has 0 atom stereocenters. The number of nitrogens with one attached hydrogen (secondary N) is 1. The predicted octanol–water partition coefficient (Wildman–Crippen LogP) is 4.50. The third-order valence-corrected chi connectivity index (χ3v) is 6.05. The maximum Gasteiger partial charge on any atom is 0.250 e. The molecule has 178 valence electrons. The molecule has 1 N–H and O–H groups in total. The van der Waals surface area contributed by atoms with Gasteiger partial charge in [0.05, 0.1) is 26.2 Å². The Morgan fingerprint density at radius 1 is 0.943 bits per heavy atom. The Hall–Kier alpha value is -4.11. The average Bonchev–Trinajstić information content (AvgIpc) is 3.32. The predicted molar refractivity (Wildman–Crippen MR) is 138 cm³/mol. The van der Waals surface area contributed by atoms with Crippen LogP contribution in [0.25, 0.3) is 17.1 Å². The van der Waals surface area contributed by atoms with E-state index < -0.39 is 0 Å². The summed E-state index contributed by atoms with van der Waals surface area (Å²) in [6.45, 7) is 2.04. The van der Waals surface area contributed by atoms with Gasteiger partial charge in [0.25, 0.3) is 5.91 Å². The normalized spacial score (nSPS) is 10.9. The SMILES string of the molecule is COc1ccc(/C=N/NC(=O)CSc2nnc(-c3ccc(C)cc3)n2-c2ccc(OC)cc2)cc1. The molecule has 0 aliphatic rings. The van der Waals surface area contributed by atoms with Gasteiger partial charge < -0.3 is 9.47 Å². The van der Waals surface area contributed by atoms with Crippen LogP contribution in [0.1, 0.15) is 11.1 Å². The van der Waals surface area contributed by atoms with Gasteiger partial charge in [-0.3, -0.25) is 9.36 Å². The van der Waals surface area contributed by atoms with Gasteiger partial charge in [0, 0.05) is 11.3 Å². The molecule has 0 saturated carbocycles. The molecule has 0 radical (unpaired) electrons. The first kappa shape index (κ1) is 24.0. The van der Waals surface area contributed by atoms with Crippen molar-refractivity contribution in [2.45, 2.75) is 12.1 Å². The first-order chi connectivity index (χ1) is 17.1. The molecule has 0 spiro atoms. The van der Waals surface area contributed by atoms with E-state index in [0.29, 0.717) is 11.0 Å². The minimum Gasteiger partial charge on any atom is -0.497 e. The number of rotatable bonds is 9. The van der Waals surface area contributed by atoms with E-state index >= 15 is 0 Å². The summed E-state index contributed by atoms with van der Waals surface area (Å²) in [5, 5.41) is 13.4. The number of carbonyl (C=O) groups excluding carboxylic acids is 1. The zero-order chi connectivity index (χ0) is 24.6. The topological polar surface area (TPSA) is 90.6 Å². The lowest BCUT2D eigenvalue weighted by atomic mass is 10.1. The van der Waals surface area contributed by atoms with Crippen LogP contribution in [0, 0.1) is 6.92 Å². The smallest absolute Gasteiger partial charge is 0.250 e.